The fourth-order valence-electron chi connectivity index (χ4n) is 2.98. The van der Waals surface area contributed by atoms with Crippen LogP contribution in [0.3, 0.4) is 0 Å². The monoisotopic (exact) mass is 442 g/mol. The van der Waals surface area contributed by atoms with Gasteiger partial charge in [-0.05, 0) is 69.9 Å². The van der Waals surface area contributed by atoms with E-state index in [-0.39, 0.29) is 6.61 Å². The highest BCUT2D eigenvalue weighted by atomic mass is 16.5. The highest BCUT2D eigenvalue weighted by Crippen LogP contribution is 2.22. The van der Waals surface area contributed by atoms with Gasteiger partial charge >= 0.3 is 0 Å². The third-order valence-corrected chi connectivity index (χ3v) is 4.63. The Morgan fingerprint density at radius 1 is 1.06 bits per heavy atom. The zero-order chi connectivity index (χ0) is 24.1. The predicted molar refractivity (Wildman–Crippen MR) is 137 cm³/mol. The van der Waals surface area contributed by atoms with Crippen molar-refractivity contribution in [3.05, 3.63) is 47.2 Å². The molecule has 0 unspecified atom stereocenters. The molecule has 1 heterocycles. The van der Waals surface area contributed by atoms with Crippen molar-refractivity contribution in [2.45, 2.75) is 73.8 Å². The van der Waals surface area contributed by atoms with Gasteiger partial charge in [0, 0.05) is 24.8 Å². The van der Waals surface area contributed by atoms with Gasteiger partial charge in [0.05, 0.1) is 23.2 Å². The maximum absolute atomic E-state index is 10.0. The number of ether oxygens (including phenoxy) is 1. The normalized spacial score (nSPS) is 11.2. The molecule has 0 aliphatic rings. The molecule has 6 nitrogen and oxygen atoms in total. The Morgan fingerprint density at radius 2 is 1.72 bits per heavy atom. The zero-order valence-electron chi connectivity index (χ0n) is 21.2. The first-order valence-electron chi connectivity index (χ1n) is 11.7. The van der Waals surface area contributed by atoms with E-state index >= 15 is 0 Å². The molecule has 178 valence electrons. The number of hydrogen-bond acceptors (Lipinski definition) is 6. The minimum absolute atomic E-state index is 0.169. The number of pyridine rings is 1. The van der Waals surface area contributed by atoms with Gasteiger partial charge < -0.3 is 14.7 Å². The van der Waals surface area contributed by atoms with Gasteiger partial charge in [-0.2, -0.15) is 5.10 Å². The largest absolute Gasteiger partial charge is 0.475 e. The van der Waals surface area contributed by atoms with Gasteiger partial charge in [0.15, 0.2) is 0 Å². The van der Waals surface area contributed by atoms with Gasteiger partial charge in [-0.15, -0.1) is 0 Å². The van der Waals surface area contributed by atoms with Crippen molar-refractivity contribution in [3.8, 4) is 5.88 Å². The number of nitrogens with zero attached hydrogens (tertiary/aromatic N) is 3. The van der Waals surface area contributed by atoms with E-state index in [0.29, 0.717) is 11.6 Å². The first kappa shape index (κ1) is 27.4. The smallest absolute Gasteiger partial charge is 0.216 e. The molecular weight excluding hydrogens is 400 g/mol. The van der Waals surface area contributed by atoms with Crippen LogP contribution in [-0.2, 0) is 0 Å². The topological polar surface area (TPSA) is 70.0 Å². The lowest BCUT2D eigenvalue weighted by molar-refractivity contribution is 0.0268. The maximum Gasteiger partial charge on any atom is 0.216 e. The fourth-order valence-corrected chi connectivity index (χ4v) is 2.98. The van der Waals surface area contributed by atoms with Crippen LogP contribution in [0.5, 0.6) is 5.88 Å². The average Bonchev–Trinajstić information content (AvgIpc) is 2.75. The molecule has 1 aromatic carbocycles. The van der Waals surface area contributed by atoms with Gasteiger partial charge in [-0.25, -0.2) is 4.98 Å². The number of nitrogens with one attached hydrogen (secondary N) is 1. The number of rotatable bonds is 11. The van der Waals surface area contributed by atoms with Crippen LogP contribution < -0.4 is 15.1 Å². The van der Waals surface area contributed by atoms with E-state index in [4.69, 9.17) is 4.74 Å². The molecule has 0 atom stereocenters. The Balaban J connectivity index is 0.00000249. The highest BCUT2D eigenvalue weighted by molar-refractivity contribution is 5.80. The minimum Gasteiger partial charge on any atom is -0.475 e. The lowest BCUT2D eigenvalue weighted by Crippen LogP contribution is -2.28. The fraction of sp³-hybridized carbons (Fsp3) is 0.538. The molecule has 2 N–H and O–H groups in total. The van der Waals surface area contributed by atoms with Crippen molar-refractivity contribution < 1.29 is 9.84 Å². The molecule has 2 aromatic rings. The minimum atomic E-state index is -0.927. The molecule has 0 fully saturated rings. The quantitative estimate of drug-likeness (QED) is 0.332. The molecule has 6 heteroatoms. The van der Waals surface area contributed by atoms with E-state index in [2.05, 4.69) is 60.2 Å². The third kappa shape index (κ3) is 9.69. The number of aryl methyl sites for hydroxylation is 2. The molecule has 2 rings (SSSR count). The van der Waals surface area contributed by atoms with E-state index in [1.54, 1.807) is 20.1 Å². The molecule has 1 aromatic heterocycles. The van der Waals surface area contributed by atoms with E-state index in [9.17, 15) is 5.11 Å². The first-order chi connectivity index (χ1) is 15.2. The second-order valence-corrected chi connectivity index (χ2v) is 8.35. The van der Waals surface area contributed by atoms with E-state index in [1.165, 1.54) is 11.1 Å². The standard InChI is InChI=1S/C24H36N4O2.C2H6/c1-7-11-28(12-8-2)22-14-21(26-23(15-22)30-17-24(5,6)29)16-25-27-20-10-9-18(3)19(4)13-20;1-2/h9-10,13-16,27,29H,7-8,11-12,17H2,1-6H3;1-2H3/b25-16+;. The summed E-state index contributed by atoms with van der Waals surface area (Å²) in [5.74, 6) is 0.486. The van der Waals surface area contributed by atoms with Crippen LogP contribution in [0.15, 0.2) is 35.4 Å². The van der Waals surface area contributed by atoms with Gasteiger partial charge in [0.25, 0.3) is 0 Å². The number of aromatic nitrogens is 1. The maximum atomic E-state index is 10.0. The number of aliphatic hydroxyl groups is 1. The summed E-state index contributed by atoms with van der Waals surface area (Å²) in [5, 5.41) is 14.4. The van der Waals surface area contributed by atoms with Gasteiger partial charge in [0.1, 0.15) is 6.61 Å². The molecule has 0 bridgehead atoms. The molecule has 0 aliphatic heterocycles. The van der Waals surface area contributed by atoms with Crippen LogP contribution in [0, 0.1) is 13.8 Å². The highest BCUT2D eigenvalue weighted by Gasteiger charge is 2.15. The molecule has 0 spiro atoms. The van der Waals surface area contributed by atoms with Crippen molar-refractivity contribution in [1.82, 2.24) is 4.98 Å². The summed E-state index contributed by atoms with van der Waals surface area (Å²) in [5.41, 5.74) is 7.29. The van der Waals surface area contributed by atoms with Crippen LogP contribution in [0.4, 0.5) is 11.4 Å². The summed E-state index contributed by atoms with van der Waals surface area (Å²) in [6.45, 7) is 18.0. The van der Waals surface area contributed by atoms with Crippen LogP contribution in [-0.4, -0.2) is 41.6 Å². The summed E-state index contributed by atoms with van der Waals surface area (Å²) >= 11 is 0. The summed E-state index contributed by atoms with van der Waals surface area (Å²) in [7, 11) is 0. The number of hydrogen-bond donors (Lipinski definition) is 2. The molecule has 0 saturated heterocycles. The SMILES string of the molecule is CC.CCCN(CCC)c1cc(/C=N/Nc2ccc(C)c(C)c2)nc(OCC(C)(C)O)c1. The van der Waals surface area contributed by atoms with Crippen molar-refractivity contribution >= 4 is 17.6 Å². The summed E-state index contributed by atoms with van der Waals surface area (Å²) < 4.78 is 5.78. The summed E-state index contributed by atoms with van der Waals surface area (Å²) in [4.78, 5) is 6.88. The molecule has 32 heavy (non-hydrogen) atoms. The van der Waals surface area contributed by atoms with Gasteiger partial charge in [0.2, 0.25) is 5.88 Å². The molecule has 0 radical (unpaired) electrons. The first-order valence-corrected chi connectivity index (χ1v) is 11.7. The molecule has 0 amide bonds. The van der Waals surface area contributed by atoms with Crippen molar-refractivity contribution in [2.24, 2.45) is 5.10 Å². The lowest BCUT2D eigenvalue weighted by atomic mass is 10.1. The summed E-state index contributed by atoms with van der Waals surface area (Å²) in [6.07, 6.45) is 3.81. The molecule has 0 aliphatic carbocycles. The Hall–Kier alpha value is -2.60. The molecule has 0 saturated carbocycles. The van der Waals surface area contributed by atoms with Crippen LogP contribution in [0.2, 0.25) is 0 Å². The van der Waals surface area contributed by atoms with E-state index < -0.39 is 5.60 Å². The van der Waals surface area contributed by atoms with E-state index in [0.717, 1.165) is 37.3 Å². The predicted octanol–water partition coefficient (Wildman–Crippen LogP) is 5.95. The average molecular weight is 443 g/mol. The second-order valence-electron chi connectivity index (χ2n) is 8.35. The second kappa shape index (κ2) is 13.7. The third-order valence-electron chi connectivity index (χ3n) is 4.63. The van der Waals surface area contributed by atoms with Crippen molar-refractivity contribution in [2.75, 3.05) is 30.0 Å². The zero-order valence-corrected chi connectivity index (χ0v) is 21.2. The molecular formula is C26H42N4O2. The Labute approximate surface area is 194 Å². The number of benzene rings is 1. The van der Waals surface area contributed by atoms with E-state index in [1.807, 2.05) is 32.0 Å². The van der Waals surface area contributed by atoms with Gasteiger partial charge in [-0.3, -0.25) is 5.43 Å². The summed E-state index contributed by atoms with van der Waals surface area (Å²) in [6, 6.07) is 10.1. The number of hydrazone groups is 1. The van der Waals surface area contributed by atoms with Crippen LogP contribution >= 0.6 is 0 Å². The van der Waals surface area contributed by atoms with Crippen LogP contribution in [0.25, 0.3) is 0 Å². The number of anilines is 2. The lowest BCUT2D eigenvalue weighted by Gasteiger charge is -2.25. The van der Waals surface area contributed by atoms with Crippen molar-refractivity contribution in [1.29, 1.82) is 0 Å². The van der Waals surface area contributed by atoms with Crippen LogP contribution in [0.1, 0.15) is 71.2 Å². The van der Waals surface area contributed by atoms with Gasteiger partial charge in [-0.1, -0.05) is 33.8 Å². The van der Waals surface area contributed by atoms with Crippen molar-refractivity contribution in [3.63, 3.8) is 0 Å². The Kier molecular flexibility index (Phi) is 11.8. The Morgan fingerprint density at radius 3 is 2.28 bits per heavy atom. The Bertz CT molecular complexity index is 838.